The average Bonchev–Trinajstić information content (AvgIpc) is 2.99. The van der Waals surface area contributed by atoms with Crippen molar-refractivity contribution in [3.05, 3.63) is 0 Å². The first-order chi connectivity index (χ1) is 8.04. The molecule has 0 spiro atoms. The maximum Gasteiger partial charge on any atom is 0.222 e. The van der Waals surface area contributed by atoms with E-state index in [2.05, 4.69) is 13.8 Å². The number of hydrogen-bond donors (Lipinski definition) is 1. The Morgan fingerprint density at radius 2 is 2.00 bits per heavy atom. The Morgan fingerprint density at radius 3 is 2.59 bits per heavy atom. The van der Waals surface area contributed by atoms with Gasteiger partial charge in [0.2, 0.25) is 5.91 Å². The van der Waals surface area contributed by atoms with Crippen molar-refractivity contribution < 1.29 is 4.79 Å². The number of carbonyl (C=O) groups is 1. The third-order valence-corrected chi connectivity index (χ3v) is 3.87. The fourth-order valence-electron chi connectivity index (χ4n) is 2.92. The van der Waals surface area contributed by atoms with Crippen LogP contribution in [0.15, 0.2) is 0 Å². The molecule has 2 aliphatic rings. The fourth-order valence-corrected chi connectivity index (χ4v) is 2.92. The number of likely N-dealkylation sites (tertiary alicyclic amines) is 1. The van der Waals surface area contributed by atoms with Gasteiger partial charge in [-0.1, -0.05) is 26.7 Å². The van der Waals surface area contributed by atoms with Crippen LogP contribution in [-0.2, 0) is 4.79 Å². The summed E-state index contributed by atoms with van der Waals surface area (Å²) in [4.78, 5) is 14.1. The molecule has 0 aromatic rings. The van der Waals surface area contributed by atoms with Gasteiger partial charge in [0.1, 0.15) is 0 Å². The zero-order valence-electron chi connectivity index (χ0n) is 11.2. The average molecular weight is 238 g/mol. The van der Waals surface area contributed by atoms with Crippen LogP contribution in [0, 0.1) is 17.8 Å². The zero-order chi connectivity index (χ0) is 12.4. The highest BCUT2D eigenvalue weighted by molar-refractivity contribution is 5.76. The second kappa shape index (κ2) is 5.38. The van der Waals surface area contributed by atoms with Gasteiger partial charge in [0.15, 0.2) is 0 Å². The predicted octanol–water partition coefficient (Wildman–Crippen LogP) is 2.01. The fraction of sp³-hybridized carbons (Fsp3) is 0.929. The third-order valence-electron chi connectivity index (χ3n) is 3.87. The normalized spacial score (nSPS) is 29.8. The van der Waals surface area contributed by atoms with Crippen molar-refractivity contribution in [2.24, 2.45) is 23.5 Å². The second-order valence-electron chi connectivity index (χ2n) is 6.44. The summed E-state index contributed by atoms with van der Waals surface area (Å²) in [5, 5.41) is 0. The van der Waals surface area contributed by atoms with E-state index in [1.165, 1.54) is 19.3 Å². The third kappa shape index (κ3) is 3.98. The number of rotatable bonds is 4. The highest BCUT2D eigenvalue weighted by Gasteiger charge is 2.32. The Kier molecular flexibility index (Phi) is 4.08. The largest absolute Gasteiger partial charge is 0.341 e. The van der Waals surface area contributed by atoms with Crippen molar-refractivity contribution in [2.75, 3.05) is 13.1 Å². The van der Waals surface area contributed by atoms with Gasteiger partial charge in [-0.25, -0.2) is 0 Å². The van der Waals surface area contributed by atoms with E-state index in [-0.39, 0.29) is 6.04 Å². The van der Waals surface area contributed by atoms with Gasteiger partial charge in [0.25, 0.3) is 0 Å². The van der Waals surface area contributed by atoms with Gasteiger partial charge in [0.05, 0.1) is 0 Å². The molecule has 2 rings (SSSR count). The molecule has 98 valence electrons. The van der Waals surface area contributed by atoms with E-state index in [4.69, 9.17) is 5.73 Å². The van der Waals surface area contributed by atoms with Gasteiger partial charge in [-0.2, -0.15) is 0 Å². The van der Waals surface area contributed by atoms with Gasteiger partial charge in [-0.15, -0.1) is 0 Å². The second-order valence-corrected chi connectivity index (χ2v) is 6.44. The molecule has 2 fully saturated rings. The summed E-state index contributed by atoms with van der Waals surface area (Å²) in [7, 11) is 0. The molecule has 0 radical (unpaired) electrons. The van der Waals surface area contributed by atoms with Crippen molar-refractivity contribution in [3.8, 4) is 0 Å². The molecular weight excluding hydrogens is 212 g/mol. The van der Waals surface area contributed by atoms with Crippen molar-refractivity contribution in [1.29, 1.82) is 0 Å². The lowest BCUT2D eigenvalue weighted by molar-refractivity contribution is -0.134. The van der Waals surface area contributed by atoms with Gasteiger partial charge in [0, 0.05) is 25.6 Å². The van der Waals surface area contributed by atoms with Crippen molar-refractivity contribution in [2.45, 2.75) is 52.0 Å². The molecule has 1 amide bonds. The monoisotopic (exact) mass is 238 g/mol. The zero-order valence-corrected chi connectivity index (χ0v) is 11.2. The number of carbonyl (C=O) groups excluding carboxylic acids is 1. The Balaban J connectivity index is 1.85. The maximum atomic E-state index is 12.1. The van der Waals surface area contributed by atoms with Crippen LogP contribution in [0.4, 0.5) is 0 Å². The van der Waals surface area contributed by atoms with Crippen LogP contribution in [0.25, 0.3) is 0 Å². The first kappa shape index (κ1) is 12.9. The molecule has 2 N–H and O–H groups in total. The topological polar surface area (TPSA) is 46.3 Å². The summed E-state index contributed by atoms with van der Waals surface area (Å²) in [6.07, 6.45) is 5.86. The molecule has 3 nitrogen and oxygen atoms in total. The van der Waals surface area contributed by atoms with E-state index in [1.54, 1.807) is 0 Å². The van der Waals surface area contributed by atoms with Gasteiger partial charge in [-0.3, -0.25) is 4.79 Å². The molecule has 1 saturated carbocycles. The van der Waals surface area contributed by atoms with Crippen LogP contribution < -0.4 is 5.73 Å². The number of nitrogens with zero attached hydrogens (tertiary/aromatic N) is 1. The van der Waals surface area contributed by atoms with Crippen LogP contribution >= 0.6 is 0 Å². The SMILES string of the molecule is CC(C)CC(=O)N1CC(N)CC(CC2CC2)C1. The van der Waals surface area contributed by atoms with Crippen molar-refractivity contribution in [1.82, 2.24) is 4.90 Å². The Morgan fingerprint density at radius 1 is 1.29 bits per heavy atom. The van der Waals surface area contributed by atoms with E-state index in [0.717, 1.165) is 25.4 Å². The molecule has 3 heteroatoms. The summed E-state index contributed by atoms with van der Waals surface area (Å²) in [6, 6.07) is 0.198. The first-order valence-electron chi connectivity index (χ1n) is 7.08. The minimum Gasteiger partial charge on any atom is -0.341 e. The first-order valence-corrected chi connectivity index (χ1v) is 7.08. The molecular formula is C14H26N2O. The molecule has 17 heavy (non-hydrogen) atoms. The van der Waals surface area contributed by atoms with E-state index in [9.17, 15) is 4.79 Å². The Bertz CT molecular complexity index is 271. The number of nitrogens with two attached hydrogens (primary N) is 1. The van der Waals surface area contributed by atoms with Crippen LogP contribution in [-0.4, -0.2) is 29.9 Å². The summed E-state index contributed by atoms with van der Waals surface area (Å²) >= 11 is 0. The molecule has 2 unspecified atom stereocenters. The maximum absolute atomic E-state index is 12.1. The predicted molar refractivity (Wildman–Crippen MR) is 69.5 cm³/mol. The van der Waals surface area contributed by atoms with Crippen molar-refractivity contribution >= 4 is 5.91 Å². The lowest BCUT2D eigenvalue weighted by Gasteiger charge is -2.37. The minimum atomic E-state index is 0.198. The summed E-state index contributed by atoms with van der Waals surface area (Å²) in [5.41, 5.74) is 6.09. The molecule has 1 aliphatic carbocycles. The molecule has 1 aliphatic heterocycles. The van der Waals surface area contributed by atoms with E-state index in [1.807, 2.05) is 4.90 Å². The van der Waals surface area contributed by atoms with Crippen LogP contribution in [0.1, 0.15) is 46.0 Å². The molecule has 0 bridgehead atoms. The van der Waals surface area contributed by atoms with Gasteiger partial charge < -0.3 is 10.6 Å². The van der Waals surface area contributed by atoms with Crippen LogP contribution in [0.3, 0.4) is 0 Å². The van der Waals surface area contributed by atoms with Crippen LogP contribution in [0.2, 0.25) is 0 Å². The molecule has 1 saturated heterocycles. The quantitative estimate of drug-likeness (QED) is 0.814. The lowest BCUT2D eigenvalue weighted by Crippen LogP contribution is -2.49. The Hall–Kier alpha value is -0.570. The van der Waals surface area contributed by atoms with Crippen molar-refractivity contribution in [3.63, 3.8) is 0 Å². The molecule has 1 heterocycles. The number of hydrogen-bond acceptors (Lipinski definition) is 2. The molecule has 2 atom stereocenters. The van der Waals surface area contributed by atoms with Gasteiger partial charge in [-0.05, 0) is 30.6 Å². The minimum absolute atomic E-state index is 0.198. The van der Waals surface area contributed by atoms with E-state index < -0.39 is 0 Å². The molecule has 0 aromatic carbocycles. The summed E-state index contributed by atoms with van der Waals surface area (Å²) in [5.74, 6) is 2.34. The highest BCUT2D eigenvalue weighted by Crippen LogP contribution is 2.37. The lowest BCUT2D eigenvalue weighted by atomic mass is 9.89. The summed E-state index contributed by atoms with van der Waals surface area (Å²) in [6.45, 7) is 5.93. The van der Waals surface area contributed by atoms with Crippen LogP contribution in [0.5, 0.6) is 0 Å². The number of piperidine rings is 1. The summed E-state index contributed by atoms with van der Waals surface area (Å²) < 4.78 is 0. The smallest absolute Gasteiger partial charge is 0.222 e. The standard InChI is InChI=1S/C14H26N2O/c1-10(2)5-14(17)16-8-12(6-11-3-4-11)7-13(15)9-16/h10-13H,3-9,15H2,1-2H3. The molecule has 0 aromatic heterocycles. The van der Waals surface area contributed by atoms with E-state index in [0.29, 0.717) is 24.2 Å². The van der Waals surface area contributed by atoms with E-state index >= 15 is 0 Å². The number of amides is 1. The van der Waals surface area contributed by atoms with Gasteiger partial charge >= 0.3 is 0 Å². The highest BCUT2D eigenvalue weighted by atomic mass is 16.2. The Labute approximate surface area is 105 Å².